The maximum absolute atomic E-state index is 12.6. The molecular weight excluding hydrogens is 209 g/mol. The summed E-state index contributed by atoms with van der Waals surface area (Å²) in [4.78, 5) is 15.4. The van der Waals surface area contributed by atoms with Crippen LogP contribution >= 0.6 is 0 Å². The maximum Gasteiger partial charge on any atom is 0.274 e. The summed E-state index contributed by atoms with van der Waals surface area (Å²) in [7, 11) is 1.66. The molecule has 0 atom stereocenters. The van der Waals surface area contributed by atoms with Gasteiger partial charge in [0.2, 0.25) is 0 Å². The molecule has 0 fully saturated rings. The van der Waals surface area contributed by atoms with Crippen molar-refractivity contribution in [1.82, 2.24) is 9.55 Å². The number of aryl methyl sites for hydroxylation is 1. The molecule has 0 unspecified atom stereocenters. The van der Waals surface area contributed by atoms with Gasteiger partial charge >= 0.3 is 0 Å². The lowest BCUT2D eigenvalue weighted by Gasteiger charge is -2.05. The van der Waals surface area contributed by atoms with Crippen molar-refractivity contribution in [1.29, 1.82) is 0 Å². The topological polar surface area (TPSA) is 46.9 Å². The molecule has 0 aliphatic carbocycles. The van der Waals surface area contributed by atoms with Crippen molar-refractivity contribution in [2.24, 2.45) is 7.05 Å². The molecule has 2 heterocycles. The zero-order valence-corrected chi connectivity index (χ0v) is 8.64. The predicted molar refractivity (Wildman–Crippen MR) is 59.2 cm³/mol. The Morgan fingerprint density at radius 2 is 2.19 bits per heavy atom. The van der Waals surface area contributed by atoms with Gasteiger partial charge in [-0.2, -0.15) is 0 Å². The van der Waals surface area contributed by atoms with Crippen molar-refractivity contribution >= 4 is 11.5 Å². The van der Waals surface area contributed by atoms with E-state index in [1.54, 1.807) is 25.4 Å². The van der Waals surface area contributed by atoms with Gasteiger partial charge in [-0.3, -0.25) is 4.79 Å². The van der Waals surface area contributed by atoms with Crippen molar-refractivity contribution in [3.63, 3.8) is 0 Å². The Morgan fingerprint density at radius 3 is 2.88 bits per heavy atom. The highest BCUT2D eigenvalue weighted by molar-refractivity contribution is 5.54. The summed E-state index contributed by atoms with van der Waals surface area (Å²) in [6, 6.07) is 6.14. The molecule has 1 N–H and O–H groups in total. The van der Waals surface area contributed by atoms with Gasteiger partial charge in [0.25, 0.3) is 5.56 Å². The second-order valence-corrected chi connectivity index (χ2v) is 3.32. The van der Waals surface area contributed by atoms with Gasteiger partial charge in [0.1, 0.15) is 17.3 Å². The number of aromatic nitrogens is 2. The first-order valence-corrected chi connectivity index (χ1v) is 4.71. The van der Waals surface area contributed by atoms with Crippen LogP contribution in [0.25, 0.3) is 0 Å². The number of rotatable bonds is 2. The Bertz CT molecular complexity index is 548. The third-order valence-electron chi connectivity index (χ3n) is 2.11. The number of anilines is 2. The van der Waals surface area contributed by atoms with Gasteiger partial charge in [-0.05, 0) is 24.3 Å². The van der Waals surface area contributed by atoms with E-state index in [1.165, 1.54) is 16.7 Å². The van der Waals surface area contributed by atoms with Crippen LogP contribution in [0.5, 0.6) is 0 Å². The molecule has 2 aromatic rings. The van der Waals surface area contributed by atoms with Crippen molar-refractivity contribution in [2.45, 2.75) is 0 Å². The minimum Gasteiger partial charge on any atom is -0.336 e. The molecule has 0 saturated heterocycles. The van der Waals surface area contributed by atoms with E-state index in [0.29, 0.717) is 11.5 Å². The van der Waals surface area contributed by atoms with E-state index in [4.69, 9.17) is 0 Å². The highest BCUT2D eigenvalue weighted by atomic mass is 19.1. The van der Waals surface area contributed by atoms with E-state index in [-0.39, 0.29) is 5.56 Å². The highest BCUT2D eigenvalue weighted by Gasteiger charge is 2.01. The molecule has 0 aliphatic rings. The van der Waals surface area contributed by atoms with Crippen LogP contribution in [0.15, 0.2) is 41.5 Å². The van der Waals surface area contributed by atoms with Crippen LogP contribution in [-0.2, 0) is 7.05 Å². The van der Waals surface area contributed by atoms with Crippen LogP contribution in [-0.4, -0.2) is 9.55 Å². The van der Waals surface area contributed by atoms with E-state index in [1.807, 2.05) is 0 Å². The predicted octanol–water partition coefficient (Wildman–Crippen LogP) is 1.66. The quantitative estimate of drug-likeness (QED) is 0.835. The maximum atomic E-state index is 12.6. The lowest BCUT2D eigenvalue weighted by Crippen LogP contribution is -2.18. The number of hydrogen-bond acceptors (Lipinski definition) is 3. The largest absolute Gasteiger partial charge is 0.336 e. The summed E-state index contributed by atoms with van der Waals surface area (Å²) in [6.45, 7) is 0. The Hall–Kier alpha value is -2.17. The van der Waals surface area contributed by atoms with Crippen LogP contribution in [0.1, 0.15) is 0 Å². The summed E-state index contributed by atoms with van der Waals surface area (Å²) in [6.07, 6.45) is 2.75. The normalized spacial score (nSPS) is 10.1. The first kappa shape index (κ1) is 10.4. The second kappa shape index (κ2) is 4.14. The van der Waals surface area contributed by atoms with Gasteiger partial charge in [0.05, 0.1) is 6.20 Å². The van der Waals surface area contributed by atoms with Gasteiger partial charge in [0.15, 0.2) is 0 Å². The number of hydrogen-bond donors (Lipinski definition) is 1. The Kier molecular flexibility index (Phi) is 2.68. The van der Waals surface area contributed by atoms with Crippen molar-refractivity contribution in [3.8, 4) is 0 Å². The fraction of sp³-hybridized carbons (Fsp3) is 0.0909. The Balaban J connectivity index is 2.31. The third-order valence-corrected chi connectivity index (χ3v) is 2.11. The molecule has 0 amide bonds. The molecular formula is C11H10FN3O. The molecule has 2 aromatic heterocycles. The molecule has 82 valence electrons. The number of halogens is 1. The van der Waals surface area contributed by atoms with Gasteiger partial charge in [-0.15, -0.1) is 0 Å². The Labute approximate surface area is 91.4 Å². The molecule has 4 nitrogen and oxygen atoms in total. The van der Waals surface area contributed by atoms with Crippen LogP contribution in [0, 0.1) is 5.82 Å². The lowest BCUT2D eigenvalue weighted by atomic mass is 10.4. The first-order chi connectivity index (χ1) is 7.66. The number of nitrogens with one attached hydrogen (secondary N) is 1. The lowest BCUT2D eigenvalue weighted by molar-refractivity contribution is 0.622. The fourth-order valence-corrected chi connectivity index (χ4v) is 1.28. The molecule has 2 rings (SSSR count). The number of pyridine rings is 2. The van der Waals surface area contributed by atoms with E-state index in [0.717, 1.165) is 6.20 Å². The van der Waals surface area contributed by atoms with Gasteiger partial charge in [-0.25, -0.2) is 9.37 Å². The number of nitrogens with zero attached hydrogens (tertiary/aromatic N) is 2. The molecule has 5 heteroatoms. The molecule has 0 aliphatic heterocycles. The smallest absolute Gasteiger partial charge is 0.274 e. The van der Waals surface area contributed by atoms with Crippen molar-refractivity contribution in [3.05, 3.63) is 52.8 Å². The van der Waals surface area contributed by atoms with Crippen LogP contribution < -0.4 is 10.9 Å². The average molecular weight is 219 g/mol. The monoisotopic (exact) mass is 219 g/mol. The van der Waals surface area contributed by atoms with Crippen molar-refractivity contribution in [2.75, 3.05) is 5.32 Å². The van der Waals surface area contributed by atoms with E-state index in [9.17, 15) is 9.18 Å². The van der Waals surface area contributed by atoms with Gasteiger partial charge in [0, 0.05) is 13.2 Å². The van der Waals surface area contributed by atoms with E-state index >= 15 is 0 Å². The average Bonchev–Trinajstić information content (AvgIpc) is 2.28. The fourth-order valence-electron chi connectivity index (χ4n) is 1.28. The minimum absolute atomic E-state index is 0.159. The summed E-state index contributed by atoms with van der Waals surface area (Å²) in [5, 5.41) is 2.83. The first-order valence-electron chi connectivity index (χ1n) is 4.71. The standard InChI is InChI=1S/C11H10FN3O/c1-15-6-2-3-9(11(15)16)14-10-5-4-8(12)7-13-10/h2-7H,1H3,(H,13,14). The summed E-state index contributed by atoms with van der Waals surface area (Å²) in [5.41, 5.74) is 0.248. The van der Waals surface area contributed by atoms with E-state index < -0.39 is 5.82 Å². The van der Waals surface area contributed by atoms with E-state index in [2.05, 4.69) is 10.3 Å². The zero-order valence-electron chi connectivity index (χ0n) is 8.64. The third kappa shape index (κ3) is 2.08. The summed E-state index contributed by atoms with van der Waals surface area (Å²) >= 11 is 0. The van der Waals surface area contributed by atoms with Crippen LogP contribution in [0.3, 0.4) is 0 Å². The van der Waals surface area contributed by atoms with Crippen LogP contribution in [0.4, 0.5) is 15.9 Å². The minimum atomic E-state index is -0.411. The highest BCUT2D eigenvalue weighted by Crippen LogP contribution is 2.09. The molecule has 0 bridgehead atoms. The molecule has 0 radical (unpaired) electrons. The summed E-state index contributed by atoms with van der Waals surface area (Å²) < 4.78 is 14.1. The van der Waals surface area contributed by atoms with Gasteiger partial charge < -0.3 is 9.88 Å². The van der Waals surface area contributed by atoms with Crippen LogP contribution in [0.2, 0.25) is 0 Å². The molecule has 16 heavy (non-hydrogen) atoms. The zero-order chi connectivity index (χ0) is 11.5. The SMILES string of the molecule is Cn1cccc(Nc2ccc(F)cn2)c1=O. The van der Waals surface area contributed by atoms with Gasteiger partial charge in [-0.1, -0.05) is 0 Å². The second-order valence-electron chi connectivity index (χ2n) is 3.32. The summed E-state index contributed by atoms with van der Waals surface area (Å²) in [5.74, 6) is 0.0243. The molecule has 0 aromatic carbocycles. The molecule has 0 spiro atoms. The Morgan fingerprint density at radius 1 is 1.38 bits per heavy atom. The van der Waals surface area contributed by atoms with Crippen molar-refractivity contribution < 1.29 is 4.39 Å². The molecule has 0 saturated carbocycles.